The molecular weight excluding hydrogens is 236 g/mol. The average molecular weight is 256 g/mol. The number of thioether (sulfide) groups is 1. The van der Waals surface area contributed by atoms with Gasteiger partial charge in [0.1, 0.15) is 11.4 Å². The summed E-state index contributed by atoms with van der Waals surface area (Å²) in [4.78, 5) is 13.6. The molecule has 1 amide bonds. The summed E-state index contributed by atoms with van der Waals surface area (Å²) in [5.74, 6) is 0.0473. The zero-order valence-electron chi connectivity index (χ0n) is 10.6. The number of carbonyl (C=O) groups is 1. The minimum Gasteiger partial charge on any atom is -0.372 e. The van der Waals surface area contributed by atoms with Crippen molar-refractivity contribution in [1.82, 2.24) is 4.90 Å². The first-order valence-corrected chi connectivity index (χ1v) is 7.22. The summed E-state index contributed by atoms with van der Waals surface area (Å²) in [5, 5.41) is 9.14. The van der Waals surface area contributed by atoms with Crippen LogP contribution in [0.2, 0.25) is 0 Å². The second-order valence-electron chi connectivity index (χ2n) is 4.24. The molecule has 0 unspecified atom stereocenters. The van der Waals surface area contributed by atoms with Gasteiger partial charge in [-0.3, -0.25) is 4.79 Å². The Kier molecular flexibility index (Phi) is 5.79. The highest BCUT2D eigenvalue weighted by Crippen LogP contribution is 2.33. The number of carbonyl (C=O) groups excluding carboxylic acids is 1. The fraction of sp³-hybridized carbons (Fsp3) is 0.833. The Morgan fingerprint density at radius 2 is 2.18 bits per heavy atom. The van der Waals surface area contributed by atoms with Crippen molar-refractivity contribution in [2.75, 3.05) is 32.6 Å². The van der Waals surface area contributed by atoms with Gasteiger partial charge in [-0.05, 0) is 25.5 Å². The lowest BCUT2D eigenvalue weighted by molar-refractivity contribution is -0.137. The van der Waals surface area contributed by atoms with Crippen LogP contribution in [0.25, 0.3) is 0 Å². The Bertz CT molecular complexity index is 293. The van der Waals surface area contributed by atoms with Crippen LogP contribution in [-0.4, -0.2) is 48.1 Å². The van der Waals surface area contributed by atoms with Gasteiger partial charge >= 0.3 is 0 Å². The molecule has 0 saturated carbocycles. The normalized spacial score (nSPS) is 18.8. The maximum Gasteiger partial charge on any atom is 0.248 e. The maximum absolute atomic E-state index is 11.8. The Morgan fingerprint density at radius 3 is 2.65 bits per heavy atom. The van der Waals surface area contributed by atoms with Crippen molar-refractivity contribution in [3.63, 3.8) is 0 Å². The van der Waals surface area contributed by atoms with Gasteiger partial charge in [-0.25, -0.2) is 0 Å². The molecule has 0 aromatic heterocycles. The fourth-order valence-corrected chi connectivity index (χ4v) is 2.56. The van der Waals surface area contributed by atoms with Crippen LogP contribution in [0.15, 0.2) is 0 Å². The fourth-order valence-electron chi connectivity index (χ4n) is 1.87. The lowest BCUT2D eigenvalue weighted by Gasteiger charge is -2.36. The van der Waals surface area contributed by atoms with Gasteiger partial charge in [-0.15, -0.1) is 11.8 Å². The van der Waals surface area contributed by atoms with E-state index >= 15 is 0 Å². The smallest absolute Gasteiger partial charge is 0.248 e. The molecule has 0 aromatic rings. The first-order chi connectivity index (χ1) is 8.17. The molecule has 1 saturated heterocycles. The third-order valence-electron chi connectivity index (χ3n) is 3.09. The third kappa shape index (κ3) is 3.90. The number of nitrogens with zero attached hydrogens (tertiary/aromatic N) is 2. The first-order valence-electron chi connectivity index (χ1n) is 5.99. The number of rotatable bonds is 5. The number of piperidine rings is 1. The molecular formula is C12H20N2O2S. The second-order valence-corrected chi connectivity index (χ2v) is 5.43. The number of hydrogen-bond donors (Lipinski definition) is 0. The van der Waals surface area contributed by atoms with Crippen LogP contribution in [0.5, 0.6) is 0 Å². The van der Waals surface area contributed by atoms with E-state index in [1.165, 1.54) is 0 Å². The SMILES string of the molecule is CCCOCC(=O)N1CCC(C#N)(SC)CC1. The Hall–Kier alpha value is -0.730. The molecule has 1 heterocycles. The summed E-state index contributed by atoms with van der Waals surface area (Å²) >= 11 is 1.60. The highest BCUT2D eigenvalue weighted by Gasteiger charge is 2.35. The van der Waals surface area contributed by atoms with Gasteiger partial charge in [-0.2, -0.15) is 5.26 Å². The van der Waals surface area contributed by atoms with Crippen LogP contribution in [0.3, 0.4) is 0 Å². The topological polar surface area (TPSA) is 53.3 Å². The molecule has 1 fully saturated rings. The van der Waals surface area contributed by atoms with Crippen LogP contribution in [0, 0.1) is 11.3 Å². The lowest BCUT2D eigenvalue weighted by Crippen LogP contribution is -2.45. The first kappa shape index (κ1) is 14.3. The van der Waals surface area contributed by atoms with Crippen molar-refractivity contribution in [3.8, 4) is 6.07 Å². The molecule has 0 bridgehead atoms. The van der Waals surface area contributed by atoms with E-state index in [4.69, 9.17) is 10.00 Å². The van der Waals surface area contributed by atoms with E-state index in [-0.39, 0.29) is 17.3 Å². The van der Waals surface area contributed by atoms with Gasteiger partial charge < -0.3 is 9.64 Å². The summed E-state index contributed by atoms with van der Waals surface area (Å²) < 4.78 is 4.95. The minimum absolute atomic E-state index is 0.0473. The summed E-state index contributed by atoms with van der Waals surface area (Å²) in [6, 6.07) is 2.37. The third-order valence-corrected chi connectivity index (χ3v) is 4.37. The number of hydrogen-bond acceptors (Lipinski definition) is 4. The van der Waals surface area contributed by atoms with Crippen LogP contribution in [0.4, 0.5) is 0 Å². The van der Waals surface area contributed by atoms with Crippen LogP contribution in [0.1, 0.15) is 26.2 Å². The van der Waals surface area contributed by atoms with Crippen LogP contribution < -0.4 is 0 Å². The van der Waals surface area contributed by atoms with Crippen molar-refractivity contribution in [2.45, 2.75) is 30.9 Å². The summed E-state index contributed by atoms with van der Waals surface area (Å²) in [7, 11) is 0. The van der Waals surface area contributed by atoms with E-state index in [1.807, 2.05) is 18.1 Å². The predicted octanol–water partition coefficient (Wildman–Crippen LogP) is 1.66. The summed E-state index contributed by atoms with van der Waals surface area (Å²) in [6.07, 6.45) is 4.40. The lowest BCUT2D eigenvalue weighted by atomic mass is 9.97. The molecule has 0 aliphatic carbocycles. The Labute approximate surface area is 107 Å². The summed E-state index contributed by atoms with van der Waals surface area (Å²) in [5.41, 5.74) is 0. The van der Waals surface area contributed by atoms with Gasteiger partial charge in [0.15, 0.2) is 0 Å². The van der Waals surface area contributed by atoms with E-state index in [0.717, 1.165) is 19.3 Å². The van der Waals surface area contributed by atoms with Crippen molar-refractivity contribution in [2.24, 2.45) is 0 Å². The van der Waals surface area contributed by atoms with Crippen LogP contribution in [-0.2, 0) is 9.53 Å². The monoisotopic (exact) mass is 256 g/mol. The molecule has 0 radical (unpaired) electrons. The number of ether oxygens (including phenoxy) is 1. The molecule has 17 heavy (non-hydrogen) atoms. The van der Waals surface area contributed by atoms with Gasteiger partial charge in [0.05, 0.1) is 6.07 Å². The molecule has 1 aliphatic heterocycles. The van der Waals surface area contributed by atoms with Crippen molar-refractivity contribution < 1.29 is 9.53 Å². The number of likely N-dealkylation sites (tertiary alicyclic amines) is 1. The molecule has 0 aromatic carbocycles. The van der Waals surface area contributed by atoms with Crippen molar-refractivity contribution in [1.29, 1.82) is 5.26 Å². The highest BCUT2D eigenvalue weighted by molar-refractivity contribution is 8.00. The van der Waals surface area contributed by atoms with E-state index in [9.17, 15) is 4.79 Å². The molecule has 5 heteroatoms. The minimum atomic E-state index is -0.291. The van der Waals surface area contributed by atoms with E-state index in [1.54, 1.807) is 11.8 Å². The molecule has 0 spiro atoms. The average Bonchev–Trinajstić information content (AvgIpc) is 2.39. The van der Waals surface area contributed by atoms with E-state index in [2.05, 4.69) is 6.07 Å². The summed E-state index contributed by atoms with van der Waals surface area (Å²) in [6.45, 7) is 4.16. The van der Waals surface area contributed by atoms with Gasteiger partial charge in [0, 0.05) is 19.7 Å². The van der Waals surface area contributed by atoms with E-state index in [0.29, 0.717) is 19.7 Å². The zero-order chi connectivity index (χ0) is 12.7. The largest absolute Gasteiger partial charge is 0.372 e. The molecule has 4 nitrogen and oxygen atoms in total. The van der Waals surface area contributed by atoms with Crippen LogP contribution >= 0.6 is 11.8 Å². The quantitative estimate of drug-likeness (QED) is 0.702. The van der Waals surface area contributed by atoms with E-state index < -0.39 is 0 Å². The van der Waals surface area contributed by atoms with Crippen molar-refractivity contribution >= 4 is 17.7 Å². The number of amides is 1. The standard InChI is InChI=1S/C12H20N2O2S/c1-3-8-16-9-11(15)14-6-4-12(10-13,17-2)5-7-14/h3-9H2,1-2H3. The van der Waals surface area contributed by atoms with Crippen molar-refractivity contribution in [3.05, 3.63) is 0 Å². The molecule has 0 atom stereocenters. The predicted molar refractivity (Wildman–Crippen MR) is 68.8 cm³/mol. The Morgan fingerprint density at radius 1 is 1.53 bits per heavy atom. The Balaban J connectivity index is 2.36. The highest BCUT2D eigenvalue weighted by atomic mass is 32.2. The molecule has 0 N–H and O–H groups in total. The maximum atomic E-state index is 11.8. The van der Waals surface area contributed by atoms with Gasteiger partial charge in [0.2, 0.25) is 5.91 Å². The second kappa shape index (κ2) is 6.87. The van der Waals surface area contributed by atoms with Gasteiger partial charge in [0.25, 0.3) is 0 Å². The molecule has 1 aliphatic rings. The molecule has 96 valence electrons. The van der Waals surface area contributed by atoms with Gasteiger partial charge in [-0.1, -0.05) is 6.92 Å². The molecule has 1 rings (SSSR count). The number of nitriles is 1. The zero-order valence-corrected chi connectivity index (χ0v) is 11.4.